The molecular formula is C14H20N2O3S. The molecule has 0 saturated heterocycles. The van der Waals surface area contributed by atoms with E-state index >= 15 is 0 Å². The fraction of sp³-hybridized carbons (Fsp3) is 0.500. The molecule has 0 fully saturated rings. The van der Waals surface area contributed by atoms with E-state index in [0.29, 0.717) is 6.54 Å². The van der Waals surface area contributed by atoms with E-state index in [9.17, 15) is 13.2 Å². The van der Waals surface area contributed by atoms with Crippen LogP contribution in [-0.2, 0) is 21.2 Å². The van der Waals surface area contributed by atoms with Crippen molar-refractivity contribution in [3.63, 3.8) is 0 Å². The molecule has 1 heterocycles. The number of sulfonamides is 1. The normalized spacial score (nSPS) is 16.3. The number of benzene rings is 1. The molecule has 2 rings (SSSR count). The SMILES string of the molecule is CC(C)[C@H](NS(C)(=O)=O)C(=O)N1CCc2ccccc21. The van der Waals surface area contributed by atoms with Gasteiger partial charge < -0.3 is 4.90 Å². The molecule has 1 amide bonds. The fourth-order valence-corrected chi connectivity index (χ4v) is 3.27. The first kappa shape index (κ1) is 15.0. The van der Waals surface area contributed by atoms with E-state index in [1.54, 1.807) is 4.90 Å². The molecule has 0 bridgehead atoms. The average molecular weight is 296 g/mol. The van der Waals surface area contributed by atoms with E-state index in [4.69, 9.17) is 0 Å². The quantitative estimate of drug-likeness (QED) is 0.906. The minimum absolute atomic E-state index is 0.106. The number of carbonyl (C=O) groups is 1. The maximum absolute atomic E-state index is 12.6. The molecule has 1 aromatic rings. The van der Waals surface area contributed by atoms with Crippen molar-refractivity contribution in [2.24, 2.45) is 5.92 Å². The Hall–Kier alpha value is -1.40. The van der Waals surface area contributed by atoms with Gasteiger partial charge in [-0.15, -0.1) is 0 Å². The van der Waals surface area contributed by atoms with Crippen molar-refractivity contribution < 1.29 is 13.2 Å². The Labute approximate surface area is 120 Å². The first-order chi connectivity index (χ1) is 9.29. The van der Waals surface area contributed by atoms with Crippen molar-refractivity contribution in [3.05, 3.63) is 29.8 Å². The summed E-state index contributed by atoms with van der Waals surface area (Å²) in [5.41, 5.74) is 2.01. The molecule has 110 valence electrons. The van der Waals surface area contributed by atoms with Gasteiger partial charge in [-0.2, -0.15) is 0 Å². The molecule has 0 aromatic heterocycles. The van der Waals surface area contributed by atoms with Gasteiger partial charge in [0.25, 0.3) is 0 Å². The van der Waals surface area contributed by atoms with Crippen molar-refractivity contribution in [1.82, 2.24) is 4.72 Å². The number of nitrogens with one attached hydrogen (secondary N) is 1. The van der Waals surface area contributed by atoms with Crippen molar-refractivity contribution in [1.29, 1.82) is 0 Å². The molecule has 0 unspecified atom stereocenters. The number of hydrogen-bond donors (Lipinski definition) is 1. The molecule has 5 nitrogen and oxygen atoms in total. The number of rotatable bonds is 4. The minimum atomic E-state index is -3.42. The second-order valence-corrected chi connectivity index (χ2v) is 7.26. The van der Waals surface area contributed by atoms with E-state index in [1.165, 1.54) is 0 Å². The summed E-state index contributed by atoms with van der Waals surface area (Å²) in [5, 5.41) is 0. The van der Waals surface area contributed by atoms with Gasteiger partial charge in [0, 0.05) is 12.2 Å². The highest BCUT2D eigenvalue weighted by molar-refractivity contribution is 7.88. The van der Waals surface area contributed by atoms with Gasteiger partial charge in [-0.1, -0.05) is 32.0 Å². The molecule has 0 spiro atoms. The van der Waals surface area contributed by atoms with Crippen LogP contribution in [0.3, 0.4) is 0 Å². The second kappa shape index (κ2) is 5.54. The molecule has 1 aromatic carbocycles. The molecule has 0 radical (unpaired) electrons. The van der Waals surface area contributed by atoms with Gasteiger partial charge in [-0.05, 0) is 24.0 Å². The van der Waals surface area contributed by atoms with Crippen LogP contribution in [0, 0.1) is 5.92 Å². The summed E-state index contributed by atoms with van der Waals surface area (Å²) < 4.78 is 25.3. The Balaban J connectivity index is 2.26. The summed E-state index contributed by atoms with van der Waals surface area (Å²) in [6, 6.07) is 7.01. The summed E-state index contributed by atoms with van der Waals surface area (Å²) in [6.07, 6.45) is 1.89. The largest absolute Gasteiger partial charge is 0.310 e. The van der Waals surface area contributed by atoms with Gasteiger partial charge in [0.1, 0.15) is 6.04 Å². The van der Waals surface area contributed by atoms with Crippen molar-refractivity contribution >= 4 is 21.6 Å². The molecule has 1 atom stereocenters. The number of para-hydroxylation sites is 1. The monoisotopic (exact) mass is 296 g/mol. The standard InChI is InChI=1S/C14H20N2O3S/c1-10(2)13(15-20(3,18)19)14(17)16-9-8-11-6-4-5-7-12(11)16/h4-7,10,13,15H,8-9H2,1-3H3/t13-/m0/s1. The highest BCUT2D eigenvalue weighted by Crippen LogP contribution is 2.28. The van der Waals surface area contributed by atoms with Crippen LogP contribution in [0.25, 0.3) is 0 Å². The van der Waals surface area contributed by atoms with Crippen molar-refractivity contribution in [3.8, 4) is 0 Å². The molecule has 1 aliphatic heterocycles. The Morgan fingerprint density at radius 1 is 1.30 bits per heavy atom. The van der Waals surface area contributed by atoms with E-state index in [1.807, 2.05) is 38.1 Å². The number of hydrogen-bond acceptors (Lipinski definition) is 3. The van der Waals surface area contributed by atoms with Crippen LogP contribution in [0.5, 0.6) is 0 Å². The number of nitrogens with zero attached hydrogens (tertiary/aromatic N) is 1. The lowest BCUT2D eigenvalue weighted by atomic mass is 10.0. The Bertz CT molecular complexity index is 611. The Morgan fingerprint density at radius 3 is 2.55 bits per heavy atom. The number of amides is 1. The van der Waals surface area contributed by atoms with E-state index in [2.05, 4.69) is 4.72 Å². The molecule has 0 saturated carbocycles. The third kappa shape index (κ3) is 3.19. The molecule has 6 heteroatoms. The predicted molar refractivity (Wildman–Crippen MR) is 79.1 cm³/mol. The molecule has 1 aliphatic rings. The van der Waals surface area contributed by atoms with Crippen molar-refractivity contribution in [2.75, 3.05) is 17.7 Å². The van der Waals surface area contributed by atoms with Crippen LogP contribution in [0.15, 0.2) is 24.3 Å². The minimum Gasteiger partial charge on any atom is -0.310 e. The second-order valence-electron chi connectivity index (χ2n) is 5.48. The van der Waals surface area contributed by atoms with Crippen LogP contribution >= 0.6 is 0 Å². The lowest BCUT2D eigenvalue weighted by Gasteiger charge is -2.26. The summed E-state index contributed by atoms with van der Waals surface area (Å²) in [7, 11) is -3.42. The number of fused-ring (bicyclic) bond motifs is 1. The third-order valence-electron chi connectivity index (χ3n) is 3.43. The van der Waals surface area contributed by atoms with Crippen LogP contribution in [-0.4, -0.2) is 33.2 Å². The summed E-state index contributed by atoms with van der Waals surface area (Å²) in [6.45, 7) is 4.28. The smallest absolute Gasteiger partial charge is 0.245 e. The third-order valence-corrected chi connectivity index (χ3v) is 4.11. The zero-order valence-corrected chi connectivity index (χ0v) is 12.8. The van der Waals surface area contributed by atoms with Gasteiger partial charge in [0.15, 0.2) is 0 Å². The maximum Gasteiger partial charge on any atom is 0.245 e. The highest BCUT2D eigenvalue weighted by Gasteiger charge is 2.33. The number of carbonyl (C=O) groups excluding carboxylic acids is 1. The topological polar surface area (TPSA) is 66.5 Å². The summed E-state index contributed by atoms with van der Waals surface area (Å²) in [5.74, 6) is -0.291. The molecule has 20 heavy (non-hydrogen) atoms. The summed E-state index contributed by atoms with van der Waals surface area (Å²) >= 11 is 0. The highest BCUT2D eigenvalue weighted by atomic mass is 32.2. The molecule has 1 N–H and O–H groups in total. The van der Waals surface area contributed by atoms with Crippen molar-refractivity contribution in [2.45, 2.75) is 26.3 Å². The van der Waals surface area contributed by atoms with E-state index in [0.717, 1.165) is 23.9 Å². The average Bonchev–Trinajstić information content (AvgIpc) is 2.77. The van der Waals surface area contributed by atoms with Crippen LogP contribution < -0.4 is 9.62 Å². The molecule has 0 aliphatic carbocycles. The van der Waals surface area contributed by atoms with Crippen LogP contribution in [0.1, 0.15) is 19.4 Å². The van der Waals surface area contributed by atoms with Gasteiger partial charge in [-0.25, -0.2) is 13.1 Å². The Kier molecular flexibility index (Phi) is 4.15. The summed E-state index contributed by atoms with van der Waals surface area (Å²) in [4.78, 5) is 14.3. The number of anilines is 1. The van der Waals surface area contributed by atoms with Gasteiger partial charge in [0.05, 0.1) is 6.26 Å². The maximum atomic E-state index is 12.6. The molecular weight excluding hydrogens is 276 g/mol. The van der Waals surface area contributed by atoms with E-state index in [-0.39, 0.29) is 11.8 Å². The first-order valence-corrected chi connectivity index (χ1v) is 8.55. The lowest BCUT2D eigenvalue weighted by Crippen LogP contribution is -2.50. The lowest BCUT2D eigenvalue weighted by molar-refractivity contribution is -0.121. The van der Waals surface area contributed by atoms with Gasteiger partial charge in [-0.3, -0.25) is 4.79 Å². The van der Waals surface area contributed by atoms with Gasteiger partial charge >= 0.3 is 0 Å². The first-order valence-electron chi connectivity index (χ1n) is 6.66. The van der Waals surface area contributed by atoms with Gasteiger partial charge in [0.2, 0.25) is 15.9 Å². The zero-order chi connectivity index (χ0) is 14.9. The fourth-order valence-electron chi connectivity index (χ4n) is 2.44. The predicted octanol–water partition coefficient (Wildman–Crippen LogP) is 1.15. The van der Waals surface area contributed by atoms with Crippen LogP contribution in [0.4, 0.5) is 5.69 Å². The Morgan fingerprint density at radius 2 is 1.95 bits per heavy atom. The zero-order valence-electron chi connectivity index (χ0n) is 12.0. The van der Waals surface area contributed by atoms with E-state index < -0.39 is 16.1 Å². The van der Waals surface area contributed by atoms with Crippen LogP contribution in [0.2, 0.25) is 0 Å².